The second kappa shape index (κ2) is 6.22. The van der Waals surface area contributed by atoms with Crippen LogP contribution in [0.5, 0.6) is 0 Å². The van der Waals surface area contributed by atoms with Crippen LogP contribution in [0.4, 0.5) is 0 Å². The molecule has 1 amide bonds. The number of carbonyl (C=O) groups excluding carboxylic acids is 1. The molecule has 0 atom stereocenters. The molecule has 0 aliphatic carbocycles. The molecule has 5 heteroatoms. The molecular weight excluding hydrogens is 270 g/mol. The van der Waals surface area contributed by atoms with Crippen molar-refractivity contribution in [1.82, 2.24) is 14.5 Å². The molecule has 106 valence electrons. The number of hydrogen-bond acceptors (Lipinski definition) is 3. The van der Waals surface area contributed by atoms with Gasteiger partial charge in [0.05, 0.1) is 4.88 Å². The van der Waals surface area contributed by atoms with E-state index in [2.05, 4.69) is 4.98 Å². The molecule has 1 fully saturated rings. The van der Waals surface area contributed by atoms with Gasteiger partial charge in [-0.25, -0.2) is 4.98 Å². The molecule has 2 aromatic heterocycles. The Bertz CT molecular complexity index is 553. The molecule has 1 aliphatic heterocycles. The second-order valence-corrected chi connectivity index (χ2v) is 6.10. The van der Waals surface area contributed by atoms with Crippen LogP contribution in [0.3, 0.4) is 0 Å². The first kappa shape index (κ1) is 13.4. The monoisotopic (exact) mass is 289 g/mol. The molecular formula is C15H19N3OS. The fourth-order valence-electron chi connectivity index (χ4n) is 2.63. The smallest absolute Gasteiger partial charge is 0.242 e. The molecule has 1 aliphatic rings. The summed E-state index contributed by atoms with van der Waals surface area (Å²) in [7, 11) is 0. The van der Waals surface area contributed by atoms with Gasteiger partial charge in [-0.15, -0.1) is 11.3 Å². The van der Waals surface area contributed by atoms with Crippen molar-refractivity contribution in [3.8, 4) is 10.7 Å². The SMILES string of the molecule is O=C(Cn1ccnc1-c1cccs1)N1CCCCCC1. The van der Waals surface area contributed by atoms with E-state index in [1.807, 2.05) is 33.2 Å². The third-order valence-electron chi connectivity index (χ3n) is 3.72. The topological polar surface area (TPSA) is 38.1 Å². The van der Waals surface area contributed by atoms with Crippen molar-refractivity contribution in [3.63, 3.8) is 0 Å². The molecule has 0 aromatic carbocycles. The highest BCUT2D eigenvalue weighted by molar-refractivity contribution is 7.13. The molecule has 0 radical (unpaired) electrons. The number of likely N-dealkylation sites (tertiary alicyclic amines) is 1. The van der Waals surface area contributed by atoms with Crippen LogP contribution in [0.2, 0.25) is 0 Å². The van der Waals surface area contributed by atoms with Crippen LogP contribution in [0.15, 0.2) is 29.9 Å². The van der Waals surface area contributed by atoms with Crippen molar-refractivity contribution in [2.45, 2.75) is 32.2 Å². The van der Waals surface area contributed by atoms with Gasteiger partial charge in [-0.3, -0.25) is 4.79 Å². The largest absolute Gasteiger partial charge is 0.341 e. The van der Waals surface area contributed by atoms with E-state index < -0.39 is 0 Å². The zero-order valence-corrected chi connectivity index (χ0v) is 12.3. The van der Waals surface area contributed by atoms with E-state index in [0.29, 0.717) is 6.54 Å². The molecule has 3 rings (SSSR count). The van der Waals surface area contributed by atoms with Crippen LogP contribution in [0, 0.1) is 0 Å². The van der Waals surface area contributed by atoms with Gasteiger partial charge >= 0.3 is 0 Å². The molecule has 0 saturated carbocycles. The van der Waals surface area contributed by atoms with Gasteiger partial charge in [0, 0.05) is 25.5 Å². The van der Waals surface area contributed by atoms with Crippen LogP contribution in [0.25, 0.3) is 10.7 Å². The minimum atomic E-state index is 0.211. The third-order valence-corrected chi connectivity index (χ3v) is 4.59. The van der Waals surface area contributed by atoms with Gasteiger partial charge in [-0.05, 0) is 24.3 Å². The summed E-state index contributed by atoms with van der Waals surface area (Å²) in [5.41, 5.74) is 0. The summed E-state index contributed by atoms with van der Waals surface area (Å²) >= 11 is 1.65. The predicted octanol–water partition coefficient (Wildman–Crippen LogP) is 3.01. The van der Waals surface area contributed by atoms with Gasteiger partial charge in [0.25, 0.3) is 0 Å². The molecule has 2 aromatic rings. The first-order valence-corrected chi connectivity index (χ1v) is 8.05. The quantitative estimate of drug-likeness (QED) is 0.871. The number of carbonyl (C=O) groups is 1. The zero-order valence-electron chi connectivity index (χ0n) is 11.5. The predicted molar refractivity (Wildman–Crippen MR) is 80.6 cm³/mol. The Morgan fingerprint density at radius 2 is 2.05 bits per heavy atom. The average Bonchev–Trinajstić information content (AvgIpc) is 3.04. The molecule has 20 heavy (non-hydrogen) atoms. The van der Waals surface area contributed by atoms with E-state index in [0.717, 1.165) is 36.6 Å². The summed E-state index contributed by atoms with van der Waals surface area (Å²) in [6, 6.07) is 4.05. The molecule has 1 saturated heterocycles. The average molecular weight is 289 g/mol. The maximum absolute atomic E-state index is 12.4. The molecule has 0 spiro atoms. The van der Waals surface area contributed by atoms with E-state index >= 15 is 0 Å². The van der Waals surface area contributed by atoms with Crippen molar-refractivity contribution < 1.29 is 4.79 Å². The van der Waals surface area contributed by atoms with Gasteiger partial charge in [0.2, 0.25) is 5.91 Å². The summed E-state index contributed by atoms with van der Waals surface area (Å²) in [6.07, 6.45) is 8.42. The Kier molecular flexibility index (Phi) is 4.16. The highest BCUT2D eigenvalue weighted by Gasteiger charge is 2.17. The number of rotatable bonds is 3. The second-order valence-electron chi connectivity index (χ2n) is 5.15. The maximum atomic E-state index is 12.4. The van der Waals surface area contributed by atoms with E-state index in [1.165, 1.54) is 12.8 Å². The number of amides is 1. The normalized spacial score (nSPS) is 16.1. The number of thiophene rings is 1. The Morgan fingerprint density at radius 3 is 2.75 bits per heavy atom. The molecule has 0 N–H and O–H groups in total. The van der Waals surface area contributed by atoms with Gasteiger partial charge in [-0.2, -0.15) is 0 Å². The first-order chi connectivity index (χ1) is 9.84. The van der Waals surface area contributed by atoms with E-state index in [4.69, 9.17) is 0 Å². The molecule has 4 nitrogen and oxygen atoms in total. The number of imidazole rings is 1. The molecule has 3 heterocycles. The van der Waals surface area contributed by atoms with Gasteiger partial charge < -0.3 is 9.47 Å². The Morgan fingerprint density at radius 1 is 1.25 bits per heavy atom. The van der Waals surface area contributed by atoms with Crippen molar-refractivity contribution in [2.75, 3.05) is 13.1 Å². The fraction of sp³-hybridized carbons (Fsp3) is 0.467. The summed E-state index contributed by atoms with van der Waals surface area (Å²) in [5.74, 6) is 1.10. The minimum absolute atomic E-state index is 0.211. The Hall–Kier alpha value is -1.62. The van der Waals surface area contributed by atoms with Crippen LogP contribution in [-0.2, 0) is 11.3 Å². The van der Waals surface area contributed by atoms with Crippen LogP contribution in [0.1, 0.15) is 25.7 Å². The number of nitrogens with zero attached hydrogens (tertiary/aromatic N) is 3. The van der Waals surface area contributed by atoms with E-state index in [1.54, 1.807) is 17.5 Å². The van der Waals surface area contributed by atoms with Gasteiger partial charge in [-0.1, -0.05) is 18.9 Å². The lowest BCUT2D eigenvalue weighted by molar-refractivity contribution is -0.131. The van der Waals surface area contributed by atoms with Crippen LogP contribution < -0.4 is 0 Å². The van der Waals surface area contributed by atoms with Crippen LogP contribution in [-0.4, -0.2) is 33.4 Å². The van der Waals surface area contributed by atoms with E-state index in [9.17, 15) is 4.79 Å². The minimum Gasteiger partial charge on any atom is -0.341 e. The van der Waals surface area contributed by atoms with Crippen molar-refractivity contribution >= 4 is 17.2 Å². The van der Waals surface area contributed by atoms with Crippen molar-refractivity contribution in [2.24, 2.45) is 0 Å². The highest BCUT2D eigenvalue weighted by atomic mass is 32.1. The first-order valence-electron chi connectivity index (χ1n) is 7.17. The van der Waals surface area contributed by atoms with Gasteiger partial charge in [0.15, 0.2) is 0 Å². The standard InChI is InChI=1S/C15H19N3OS/c19-14(17-8-3-1-2-4-9-17)12-18-10-7-16-15(18)13-6-5-11-20-13/h5-7,10-11H,1-4,8-9,12H2. The van der Waals surface area contributed by atoms with Crippen molar-refractivity contribution in [3.05, 3.63) is 29.9 Å². The lowest BCUT2D eigenvalue weighted by atomic mass is 10.2. The molecule has 0 bridgehead atoms. The lowest BCUT2D eigenvalue weighted by Crippen LogP contribution is -2.34. The Labute approximate surface area is 123 Å². The maximum Gasteiger partial charge on any atom is 0.242 e. The van der Waals surface area contributed by atoms with Crippen molar-refractivity contribution in [1.29, 1.82) is 0 Å². The fourth-order valence-corrected chi connectivity index (χ4v) is 3.37. The summed E-state index contributed by atoms with van der Waals surface area (Å²) in [5, 5.41) is 2.03. The third kappa shape index (κ3) is 2.93. The van der Waals surface area contributed by atoms with Gasteiger partial charge in [0.1, 0.15) is 12.4 Å². The van der Waals surface area contributed by atoms with E-state index in [-0.39, 0.29) is 5.91 Å². The summed E-state index contributed by atoms with van der Waals surface area (Å²) < 4.78 is 1.96. The summed E-state index contributed by atoms with van der Waals surface area (Å²) in [6.45, 7) is 2.21. The molecule has 0 unspecified atom stereocenters. The van der Waals surface area contributed by atoms with Crippen LogP contribution >= 0.6 is 11.3 Å². The lowest BCUT2D eigenvalue weighted by Gasteiger charge is -2.20. The highest BCUT2D eigenvalue weighted by Crippen LogP contribution is 2.23. The number of hydrogen-bond donors (Lipinski definition) is 0. The zero-order chi connectivity index (χ0) is 13.8. The summed E-state index contributed by atoms with van der Waals surface area (Å²) in [4.78, 5) is 19.9. The Balaban J connectivity index is 1.71. The number of aromatic nitrogens is 2.